The summed E-state index contributed by atoms with van der Waals surface area (Å²) >= 11 is 1.26. The monoisotopic (exact) mass is 648 g/mol. The lowest BCUT2D eigenvalue weighted by Crippen LogP contribution is -2.35. The summed E-state index contributed by atoms with van der Waals surface area (Å²) < 4.78 is 41.4. The zero-order valence-electron chi connectivity index (χ0n) is 26.5. The van der Waals surface area contributed by atoms with Gasteiger partial charge in [0.1, 0.15) is 22.4 Å². The summed E-state index contributed by atoms with van der Waals surface area (Å²) in [6.07, 6.45) is 0.262. The van der Waals surface area contributed by atoms with Crippen molar-refractivity contribution in [2.24, 2.45) is 5.41 Å². The molecule has 2 aromatic heterocycles. The van der Waals surface area contributed by atoms with Crippen LogP contribution in [-0.2, 0) is 5.92 Å². The molecule has 0 saturated heterocycles. The third-order valence-electron chi connectivity index (χ3n) is 7.64. The molecule has 0 radical (unpaired) electrons. The number of pyridine rings is 2. The molecular formula is C36H42F2N4O3S. The van der Waals surface area contributed by atoms with E-state index < -0.39 is 12.0 Å². The minimum Gasteiger partial charge on any atom is -0.493 e. The summed E-state index contributed by atoms with van der Waals surface area (Å²) in [5.74, 6) is -1.25. The van der Waals surface area contributed by atoms with Gasteiger partial charge in [0.2, 0.25) is 0 Å². The highest BCUT2D eigenvalue weighted by Gasteiger charge is 2.34. The van der Waals surface area contributed by atoms with Crippen LogP contribution in [0.25, 0.3) is 22.4 Å². The van der Waals surface area contributed by atoms with E-state index in [2.05, 4.69) is 25.5 Å². The Morgan fingerprint density at radius 2 is 1.76 bits per heavy atom. The van der Waals surface area contributed by atoms with Crippen molar-refractivity contribution in [3.8, 4) is 28.1 Å². The number of benzene rings is 2. The molecule has 5 rings (SSSR count). The molecule has 0 aliphatic carbocycles. The molecule has 4 aromatic rings. The van der Waals surface area contributed by atoms with Crippen LogP contribution in [0.2, 0.25) is 0 Å². The Morgan fingerprint density at radius 3 is 2.57 bits per heavy atom. The lowest BCUT2D eigenvalue weighted by molar-refractivity contribution is -0.0152. The zero-order valence-corrected chi connectivity index (χ0v) is 27.4. The third-order valence-corrected chi connectivity index (χ3v) is 8.39. The Labute approximate surface area is 274 Å². The SMILES string of the molecule is CC(C)(C)COc1cccc(-c2ccc3nc2-c2ccccc2C(F)(F)CCCCCN(CC(O)CO)c2cccc(n2)SN3)c1. The van der Waals surface area contributed by atoms with Crippen LogP contribution in [-0.4, -0.2) is 52.6 Å². The minimum absolute atomic E-state index is 0.0228. The second-order valence-electron chi connectivity index (χ2n) is 12.9. The number of hydrogen-bond donors (Lipinski definition) is 3. The predicted octanol–water partition coefficient (Wildman–Crippen LogP) is 8.18. The van der Waals surface area contributed by atoms with E-state index in [0.29, 0.717) is 66.1 Å². The van der Waals surface area contributed by atoms with E-state index in [4.69, 9.17) is 14.7 Å². The lowest BCUT2D eigenvalue weighted by Gasteiger charge is -2.26. The molecule has 4 bridgehead atoms. The number of fused-ring (bicyclic) bond motifs is 6. The van der Waals surface area contributed by atoms with Gasteiger partial charge in [0.05, 0.1) is 25.0 Å². The average Bonchev–Trinajstić information content (AvgIpc) is 3.05. The minimum atomic E-state index is -3.08. The summed E-state index contributed by atoms with van der Waals surface area (Å²) in [5.41, 5.74) is 2.28. The van der Waals surface area contributed by atoms with Gasteiger partial charge in [-0.15, -0.1) is 0 Å². The first-order valence-corrected chi connectivity index (χ1v) is 16.5. The number of aliphatic hydroxyl groups is 2. The maximum absolute atomic E-state index is 16.0. The Hall–Kier alpha value is -3.73. The number of aromatic nitrogens is 2. The second-order valence-corrected chi connectivity index (χ2v) is 13.7. The molecule has 1 atom stereocenters. The van der Waals surface area contributed by atoms with E-state index in [9.17, 15) is 10.2 Å². The number of anilines is 2. The predicted molar refractivity (Wildman–Crippen MR) is 181 cm³/mol. The Bertz CT molecular complexity index is 1610. The molecule has 0 spiro atoms. The van der Waals surface area contributed by atoms with Gasteiger partial charge in [-0.1, -0.05) is 69.7 Å². The summed E-state index contributed by atoms with van der Waals surface area (Å²) in [7, 11) is 0. The van der Waals surface area contributed by atoms with Gasteiger partial charge in [-0.25, -0.2) is 18.7 Å². The van der Waals surface area contributed by atoms with E-state index in [0.717, 1.165) is 11.1 Å². The van der Waals surface area contributed by atoms with Crippen LogP contribution in [0.4, 0.5) is 20.4 Å². The molecule has 244 valence electrons. The first kappa shape index (κ1) is 33.6. The van der Waals surface area contributed by atoms with Crippen LogP contribution in [0.3, 0.4) is 0 Å². The topological polar surface area (TPSA) is 90.7 Å². The molecule has 1 unspecified atom stereocenters. The van der Waals surface area contributed by atoms with Crippen LogP contribution in [0, 0.1) is 5.41 Å². The van der Waals surface area contributed by atoms with Crippen molar-refractivity contribution < 1.29 is 23.7 Å². The summed E-state index contributed by atoms with van der Waals surface area (Å²) in [5, 5.41) is 20.3. The van der Waals surface area contributed by atoms with Gasteiger partial charge in [0.25, 0.3) is 5.92 Å². The fourth-order valence-electron chi connectivity index (χ4n) is 5.33. The normalized spacial score (nSPS) is 16.1. The number of nitrogens with one attached hydrogen (secondary N) is 1. The van der Waals surface area contributed by atoms with Gasteiger partial charge in [0.15, 0.2) is 0 Å². The van der Waals surface area contributed by atoms with E-state index >= 15 is 8.78 Å². The van der Waals surface area contributed by atoms with Gasteiger partial charge in [-0.05, 0) is 60.2 Å². The number of ether oxygens (including phenoxy) is 1. The third kappa shape index (κ3) is 8.74. The number of alkyl halides is 2. The molecule has 7 nitrogen and oxygen atoms in total. The molecule has 2 aromatic carbocycles. The van der Waals surface area contributed by atoms with Gasteiger partial charge in [-0.3, -0.25) is 0 Å². The number of halogens is 2. The van der Waals surface area contributed by atoms with Crippen LogP contribution in [0.5, 0.6) is 5.75 Å². The molecule has 3 N–H and O–H groups in total. The number of β-amino-alcohol motifs (C(OH)–C–C–N with tert-alkyl or cyclic N) is 1. The summed E-state index contributed by atoms with van der Waals surface area (Å²) in [6.45, 7) is 7.17. The summed E-state index contributed by atoms with van der Waals surface area (Å²) in [6, 6.07) is 23.6. The Morgan fingerprint density at radius 1 is 0.957 bits per heavy atom. The van der Waals surface area contributed by atoms with Crippen molar-refractivity contribution in [3.05, 3.63) is 84.4 Å². The zero-order chi connectivity index (χ0) is 32.7. The van der Waals surface area contributed by atoms with Gasteiger partial charge >= 0.3 is 0 Å². The maximum Gasteiger partial charge on any atom is 0.273 e. The van der Waals surface area contributed by atoms with Crippen LogP contribution < -0.4 is 14.4 Å². The molecule has 1 aliphatic heterocycles. The molecule has 0 amide bonds. The van der Waals surface area contributed by atoms with Gasteiger partial charge < -0.3 is 24.6 Å². The number of aliphatic hydroxyl groups excluding tert-OH is 2. The van der Waals surface area contributed by atoms with Crippen molar-refractivity contribution in [3.63, 3.8) is 0 Å². The first-order valence-electron chi connectivity index (χ1n) is 15.7. The molecule has 0 fully saturated rings. The molecule has 10 heteroatoms. The quantitative estimate of drug-likeness (QED) is 0.180. The van der Waals surface area contributed by atoms with E-state index in [1.807, 2.05) is 59.5 Å². The molecular weight excluding hydrogens is 606 g/mol. The van der Waals surface area contributed by atoms with Crippen molar-refractivity contribution in [2.75, 3.05) is 35.9 Å². The maximum atomic E-state index is 16.0. The molecule has 46 heavy (non-hydrogen) atoms. The van der Waals surface area contributed by atoms with Crippen molar-refractivity contribution >= 4 is 23.6 Å². The van der Waals surface area contributed by atoms with Crippen molar-refractivity contribution in [1.82, 2.24) is 9.97 Å². The van der Waals surface area contributed by atoms with Gasteiger partial charge in [-0.2, -0.15) is 0 Å². The fourth-order valence-corrected chi connectivity index (χ4v) is 5.94. The fraction of sp³-hybridized carbons (Fsp3) is 0.389. The molecule has 1 aliphatic rings. The number of hydrogen-bond acceptors (Lipinski definition) is 8. The van der Waals surface area contributed by atoms with Crippen LogP contribution in [0.15, 0.2) is 83.9 Å². The molecule has 3 heterocycles. The van der Waals surface area contributed by atoms with E-state index in [1.54, 1.807) is 18.2 Å². The number of rotatable bonds is 6. The highest BCUT2D eigenvalue weighted by molar-refractivity contribution is 8.00. The smallest absolute Gasteiger partial charge is 0.273 e. The Kier molecular flexibility index (Phi) is 10.8. The van der Waals surface area contributed by atoms with E-state index in [-0.39, 0.29) is 30.6 Å². The second kappa shape index (κ2) is 14.8. The van der Waals surface area contributed by atoms with Gasteiger partial charge in [0, 0.05) is 48.1 Å². The lowest BCUT2D eigenvalue weighted by atomic mass is 9.91. The average molecular weight is 649 g/mol. The molecule has 0 saturated carbocycles. The highest BCUT2D eigenvalue weighted by atomic mass is 32.2. The largest absolute Gasteiger partial charge is 0.493 e. The van der Waals surface area contributed by atoms with Crippen molar-refractivity contribution in [2.45, 2.75) is 63.5 Å². The summed E-state index contributed by atoms with van der Waals surface area (Å²) in [4.78, 5) is 11.6. The van der Waals surface area contributed by atoms with Crippen molar-refractivity contribution in [1.29, 1.82) is 0 Å². The highest BCUT2D eigenvalue weighted by Crippen LogP contribution is 2.43. The van der Waals surface area contributed by atoms with E-state index in [1.165, 1.54) is 18.0 Å². The van der Waals surface area contributed by atoms with Crippen LogP contribution >= 0.6 is 11.9 Å². The number of nitrogens with zero attached hydrogens (tertiary/aromatic N) is 3. The Balaban J connectivity index is 1.57. The standard InChI is InChI=1S/C36H42F2N4O3S/c1-35(2,3)24-45-27-12-9-11-25(21-27)28-17-18-31-39-34(28)29-13-5-6-14-30(29)36(37,38)19-7-4-8-20-42(22-26(44)23-43)32-15-10-16-33(40-32)46-41-31/h5-6,9-18,21,26,43-44H,4,7-8,19-20,22-24H2,1-3H3,(H,39,41). The van der Waals surface area contributed by atoms with Crippen LogP contribution in [0.1, 0.15) is 52.0 Å². The first-order chi connectivity index (χ1) is 22.0.